The third kappa shape index (κ3) is 3.45. The van der Waals surface area contributed by atoms with Gasteiger partial charge < -0.3 is 24.7 Å². The summed E-state index contributed by atoms with van der Waals surface area (Å²) in [6.07, 6.45) is 6.31. The number of para-hydroxylation sites is 1. The number of H-pyrrole nitrogens is 1. The summed E-state index contributed by atoms with van der Waals surface area (Å²) in [5.41, 5.74) is 2.55. The first-order valence-electron chi connectivity index (χ1n) is 12.1. The van der Waals surface area contributed by atoms with E-state index in [0.717, 1.165) is 22.4 Å². The zero-order valence-electron chi connectivity index (χ0n) is 19.9. The van der Waals surface area contributed by atoms with Gasteiger partial charge in [0.15, 0.2) is 0 Å². The lowest BCUT2D eigenvalue weighted by molar-refractivity contribution is -0.138. The molecule has 35 heavy (non-hydrogen) atoms. The van der Waals surface area contributed by atoms with Crippen molar-refractivity contribution in [3.63, 3.8) is 0 Å². The number of hydrogen-bond acceptors (Lipinski definition) is 4. The standard InChI is InChI=1S/C28H29N3O4/c1-17(18-7-9-20(34-2)10-8-18)31-16-28-13-11-23(35-28)24(25(28)27(31)33)26(32)29-14-12-19-15-30-22-6-4-3-5-21(19)22/h3-11,13,15,17,23-25,30H,12,14,16H2,1-2H3,(H,29,32)/t17?,23-,24?,25?,28-/m0/s1. The van der Waals surface area contributed by atoms with Crippen LogP contribution in [-0.4, -0.2) is 53.6 Å². The normalized spacial score (nSPS) is 27.4. The van der Waals surface area contributed by atoms with Crippen molar-refractivity contribution in [1.82, 2.24) is 15.2 Å². The fraction of sp³-hybridized carbons (Fsp3) is 0.357. The van der Waals surface area contributed by atoms with Gasteiger partial charge in [-0.3, -0.25) is 9.59 Å². The van der Waals surface area contributed by atoms with Gasteiger partial charge in [-0.2, -0.15) is 0 Å². The van der Waals surface area contributed by atoms with E-state index in [1.165, 1.54) is 5.39 Å². The molecule has 1 aromatic heterocycles. The van der Waals surface area contributed by atoms with Gasteiger partial charge in [-0.25, -0.2) is 0 Å². The first-order valence-corrected chi connectivity index (χ1v) is 12.1. The first kappa shape index (κ1) is 21.9. The minimum atomic E-state index is -0.721. The second-order valence-corrected chi connectivity index (χ2v) is 9.72. The van der Waals surface area contributed by atoms with Crippen LogP contribution in [0.5, 0.6) is 5.75 Å². The Balaban J connectivity index is 1.16. The van der Waals surface area contributed by atoms with Crippen LogP contribution in [0.15, 0.2) is 66.9 Å². The lowest BCUT2D eigenvalue weighted by Gasteiger charge is -2.28. The Labute approximate surface area is 204 Å². The second-order valence-electron chi connectivity index (χ2n) is 9.72. The number of hydrogen-bond donors (Lipinski definition) is 2. The number of ether oxygens (including phenoxy) is 2. The SMILES string of the molecule is COc1ccc(C(C)N2C[C@]34C=C[C@H](O3)C(C(=O)NCCc3c[nH]c5ccccc35)C4C2=O)cc1. The average molecular weight is 472 g/mol. The molecule has 2 N–H and O–H groups in total. The van der Waals surface area contributed by atoms with E-state index in [1.807, 2.05) is 72.6 Å². The number of rotatable bonds is 7. The Hall–Kier alpha value is -3.58. The second kappa shape index (κ2) is 8.27. The fourth-order valence-corrected chi connectivity index (χ4v) is 5.99. The van der Waals surface area contributed by atoms with Gasteiger partial charge in [0.25, 0.3) is 0 Å². The monoisotopic (exact) mass is 471 g/mol. The average Bonchev–Trinajstić information content (AvgIpc) is 3.63. The summed E-state index contributed by atoms with van der Waals surface area (Å²) in [4.78, 5) is 32.1. The van der Waals surface area contributed by atoms with Crippen LogP contribution in [0, 0.1) is 11.8 Å². The van der Waals surface area contributed by atoms with Crippen LogP contribution in [0.1, 0.15) is 24.1 Å². The van der Waals surface area contributed by atoms with Crippen molar-refractivity contribution in [2.24, 2.45) is 11.8 Å². The number of carbonyl (C=O) groups is 2. The number of methoxy groups -OCH3 is 1. The largest absolute Gasteiger partial charge is 0.497 e. The number of aromatic amines is 1. The highest BCUT2D eigenvalue weighted by atomic mass is 16.5. The number of benzene rings is 2. The predicted molar refractivity (Wildman–Crippen MR) is 132 cm³/mol. The number of fused-ring (bicyclic) bond motifs is 2. The number of nitrogens with zero attached hydrogens (tertiary/aromatic N) is 1. The Bertz CT molecular complexity index is 1310. The van der Waals surface area contributed by atoms with Crippen LogP contribution in [-0.2, 0) is 20.7 Å². The van der Waals surface area contributed by atoms with Gasteiger partial charge in [0, 0.05) is 23.6 Å². The molecular formula is C28H29N3O4. The molecule has 3 aliphatic heterocycles. The number of carbonyl (C=O) groups excluding carboxylic acids is 2. The Morgan fingerprint density at radius 2 is 2.06 bits per heavy atom. The molecule has 3 unspecified atom stereocenters. The summed E-state index contributed by atoms with van der Waals surface area (Å²) >= 11 is 0. The highest BCUT2D eigenvalue weighted by Gasteiger charge is 2.67. The minimum absolute atomic E-state index is 0.0167. The van der Waals surface area contributed by atoms with E-state index in [4.69, 9.17) is 9.47 Å². The molecule has 4 heterocycles. The molecule has 1 spiro atoms. The van der Waals surface area contributed by atoms with Crippen molar-refractivity contribution in [3.05, 3.63) is 78.0 Å². The molecule has 180 valence electrons. The van der Waals surface area contributed by atoms with E-state index >= 15 is 0 Å². The quantitative estimate of drug-likeness (QED) is 0.518. The van der Waals surface area contributed by atoms with Crippen LogP contribution in [0.3, 0.4) is 0 Å². The van der Waals surface area contributed by atoms with Gasteiger partial charge in [0.05, 0.1) is 37.6 Å². The Kier molecular flexibility index (Phi) is 5.18. The maximum absolute atomic E-state index is 13.6. The summed E-state index contributed by atoms with van der Waals surface area (Å²) in [5.74, 6) is -0.358. The third-order valence-electron chi connectivity index (χ3n) is 7.87. The van der Waals surface area contributed by atoms with Crippen molar-refractivity contribution in [1.29, 1.82) is 0 Å². The molecule has 7 heteroatoms. The summed E-state index contributed by atoms with van der Waals surface area (Å²) in [7, 11) is 1.63. The summed E-state index contributed by atoms with van der Waals surface area (Å²) in [6.45, 7) is 2.98. The number of aromatic nitrogens is 1. The summed E-state index contributed by atoms with van der Waals surface area (Å²) in [6, 6.07) is 15.8. The van der Waals surface area contributed by atoms with E-state index in [0.29, 0.717) is 19.5 Å². The number of likely N-dealkylation sites (tertiary alicyclic amines) is 1. The molecule has 2 fully saturated rings. The predicted octanol–water partition coefficient (Wildman–Crippen LogP) is 3.38. The zero-order valence-corrected chi connectivity index (χ0v) is 19.9. The van der Waals surface area contributed by atoms with Crippen LogP contribution >= 0.6 is 0 Å². The lowest BCUT2D eigenvalue weighted by Crippen LogP contribution is -2.44. The minimum Gasteiger partial charge on any atom is -0.497 e. The van der Waals surface area contributed by atoms with Gasteiger partial charge in [0.1, 0.15) is 11.4 Å². The van der Waals surface area contributed by atoms with Crippen LogP contribution in [0.2, 0.25) is 0 Å². The van der Waals surface area contributed by atoms with E-state index in [9.17, 15) is 9.59 Å². The van der Waals surface area contributed by atoms with E-state index in [1.54, 1.807) is 7.11 Å². The van der Waals surface area contributed by atoms with Crippen LogP contribution in [0.25, 0.3) is 10.9 Å². The maximum Gasteiger partial charge on any atom is 0.230 e. The lowest BCUT2D eigenvalue weighted by atomic mass is 9.77. The van der Waals surface area contributed by atoms with Crippen molar-refractivity contribution < 1.29 is 19.1 Å². The van der Waals surface area contributed by atoms with Gasteiger partial charge in [-0.05, 0) is 42.7 Å². The smallest absolute Gasteiger partial charge is 0.230 e. The molecule has 0 aliphatic carbocycles. The fourth-order valence-electron chi connectivity index (χ4n) is 5.99. The molecule has 2 saturated heterocycles. The van der Waals surface area contributed by atoms with Gasteiger partial charge in [0.2, 0.25) is 11.8 Å². The molecule has 7 nitrogen and oxygen atoms in total. The van der Waals surface area contributed by atoms with Crippen LogP contribution in [0.4, 0.5) is 0 Å². The van der Waals surface area contributed by atoms with Crippen LogP contribution < -0.4 is 10.1 Å². The number of amides is 2. The molecule has 6 rings (SSSR count). The molecule has 0 saturated carbocycles. The molecule has 3 aromatic rings. The van der Waals surface area contributed by atoms with Crippen molar-refractivity contribution in [2.75, 3.05) is 20.2 Å². The summed E-state index contributed by atoms with van der Waals surface area (Å²) < 4.78 is 11.5. The third-order valence-corrected chi connectivity index (χ3v) is 7.87. The highest BCUT2D eigenvalue weighted by Crippen LogP contribution is 2.53. The molecule has 5 atom stereocenters. The van der Waals surface area contributed by atoms with E-state index in [2.05, 4.69) is 16.4 Å². The molecule has 0 radical (unpaired) electrons. The molecular weight excluding hydrogens is 442 g/mol. The highest BCUT2D eigenvalue weighted by molar-refractivity contribution is 5.93. The maximum atomic E-state index is 13.6. The van der Waals surface area contributed by atoms with Gasteiger partial charge in [-0.1, -0.05) is 42.5 Å². The van der Waals surface area contributed by atoms with Gasteiger partial charge in [-0.15, -0.1) is 0 Å². The van der Waals surface area contributed by atoms with Crippen molar-refractivity contribution in [3.8, 4) is 5.75 Å². The Morgan fingerprint density at radius 1 is 1.26 bits per heavy atom. The zero-order chi connectivity index (χ0) is 24.2. The molecule has 2 bridgehead atoms. The van der Waals surface area contributed by atoms with Crippen molar-refractivity contribution in [2.45, 2.75) is 31.1 Å². The molecule has 2 aromatic carbocycles. The van der Waals surface area contributed by atoms with E-state index in [-0.39, 0.29) is 24.0 Å². The molecule has 2 amide bonds. The molecule has 3 aliphatic rings. The summed E-state index contributed by atoms with van der Waals surface area (Å²) in [5, 5.41) is 4.25. The Morgan fingerprint density at radius 3 is 2.86 bits per heavy atom. The van der Waals surface area contributed by atoms with Gasteiger partial charge >= 0.3 is 0 Å². The van der Waals surface area contributed by atoms with Crippen molar-refractivity contribution >= 4 is 22.7 Å². The topological polar surface area (TPSA) is 83.7 Å². The number of nitrogens with one attached hydrogen (secondary N) is 2. The van der Waals surface area contributed by atoms with E-state index < -0.39 is 17.4 Å². The first-order chi connectivity index (χ1) is 17.0.